The van der Waals surface area contributed by atoms with E-state index in [1.54, 1.807) is 24.3 Å². The minimum Gasteiger partial charge on any atom is -0.463 e. The molecule has 0 aliphatic carbocycles. The summed E-state index contributed by atoms with van der Waals surface area (Å²) in [5.41, 5.74) is -0.556. The van der Waals surface area contributed by atoms with E-state index in [4.69, 9.17) is 42.1 Å². The predicted octanol–water partition coefficient (Wildman–Crippen LogP) is 4.94. The maximum Gasteiger partial charge on any atom is 0.303 e. The zero-order chi connectivity index (χ0) is 28.3. The number of hydrogen-bond donors (Lipinski definition) is 0. The number of carbonyl (C=O) groups excluding carboxylic acids is 3. The number of esters is 3. The van der Waals surface area contributed by atoms with Crippen molar-refractivity contribution < 1.29 is 37.7 Å². The minimum absolute atomic E-state index is 0.271. The van der Waals surface area contributed by atoms with Gasteiger partial charge in [-0.3, -0.25) is 14.4 Å². The molecule has 0 unspecified atom stereocenters. The Morgan fingerprint density at radius 1 is 1.05 bits per heavy atom. The Kier molecular flexibility index (Phi) is 9.49. The van der Waals surface area contributed by atoms with Gasteiger partial charge in [0, 0.05) is 25.7 Å². The second-order valence-corrected chi connectivity index (χ2v) is 11.4. The predicted molar refractivity (Wildman–Crippen MR) is 141 cm³/mol. The van der Waals surface area contributed by atoms with Gasteiger partial charge in [-0.1, -0.05) is 40.2 Å². The number of hydrogen-bond acceptors (Lipinski definition) is 11. The lowest BCUT2D eigenvalue weighted by Crippen LogP contribution is -2.57. The molecule has 1 saturated heterocycles. The van der Waals surface area contributed by atoms with Crippen molar-refractivity contribution in [3.63, 3.8) is 0 Å². The first-order valence-electron chi connectivity index (χ1n) is 11.4. The molecule has 1 aliphatic rings. The molecule has 0 saturated carbocycles. The molecule has 0 spiro atoms. The summed E-state index contributed by atoms with van der Waals surface area (Å²) in [6.07, 6.45) is -1.65. The lowest BCUT2D eigenvalue weighted by molar-refractivity contribution is -0.212. The Morgan fingerprint density at radius 3 is 2.38 bits per heavy atom. The van der Waals surface area contributed by atoms with Gasteiger partial charge in [0.15, 0.2) is 17.3 Å². The lowest BCUT2D eigenvalue weighted by atomic mass is 9.96. The Labute approximate surface area is 240 Å². The van der Waals surface area contributed by atoms with E-state index in [0.717, 1.165) is 11.3 Å². The third-order valence-corrected chi connectivity index (χ3v) is 8.23. The first-order chi connectivity index (χ1) is 18.5. The molecule has 4 rings (SSSR count). The monoisotopic (exact) mass is 617 g/mol. The zero-order valence-corrected chi connectivity index (χ0v) is 23.9. The van der Waals surface area contributed by atoms with Gasteiger partial charge >= 0.3 is 17.9 Å². The molecule has 0 N–H and O–H groups in total. The largest absolute Gasteiger partial charge is 0.463 e. The second kappa shape index (κ2) is 12.6. The first kappa shape index (κ1) is 29.3. The molecule has 0 amide bonds. The summed E-state index contributed by atoms with van der Waals surface area (Å²) in [5.74, 6) is -1.86. The maximum atomic E-state index is 13.7. The molecule has 3 aromatic rings. The highest BCUT2D eigenvalue weighted by atomic mass is 35.5. The number of thioether (sulfide) groups is 1. The first-order valence-corrected chi connectivity index (χ1v) is 13.9. The zero-order valence-electron chi connectivity index (χ0n) is 20.7. The smallest absolute Gasteiger partial charge is 0.303 e. The van der Waals surface area contributed by atoms with Crippen LogP contribution in [-0.4, -0.2) is 63.3 Å². The van der Waals surface area contributed by atoms with E-state index in [0.29, 0.717) is 25.5 Å². The van der Waals surface area contributed by atoms with Crippen LogP contribution >= 0.6 is 46.3 Å². The Morgan fingerprint density at radius 2 is 1.77 bits per heavy atom. The normalized spacial score (nSPS) is 22.8. The van der Waals surface area contributed by atoms with Crippen LogP contribution in [0.4, 0.5) is 4.39 Å². The molecule has 2 aromatic heterocycles. The van der Waals surface area contributed by atoms with Crippen LogP contribution in [0.15, 0.2) is 41.4 Å². The topological polar surface area (TPSA) is 119 Å². The van der Waals surface area contributed by atoms with Gasteiger partial charge in [0.05, 0.1) is 21.1 Å². The Hall–Kier alpha value is -2.71. The summed E-state index contributed by atoms with van der Waals surface area (Å²) < 4.78 is 37.8. The lowest BCUT2D eigenvalue weighted by Gasteiger charge is -2.44. The van der Waals surface area contributed by atoms with Crippen LogP contribution in [0.3, 0.4) is 0 Å². The molecule has 208 valence electrons. The van der Waals surface area contributed by atoms with Crippen molar-refractivity contribution in [2.45, 2.75) is 55.5 Å². The van der Waals surface area contributed by atoms with Gasteiger partial charge in [-0.15, -0.1) is 16.4 Å². The molecule has 1 aromatic carbocycles. The number of nitrogens with zero attached hydrogens (tertiary/aromatic N) is 3. The molecule has 0 bridgehead atoms. The van der Waals surface area contributed by atoms with E-state index in [1.807, 2.05) is 0 Å². The molecule has 5 atom stereocenters. The quantitative estimate of drug-likeness (QED) is 0.254. The summed E-state index contributed by atoms with van der Waals surface area (Å²) in [5, 5.41) is 8.59. The maximum absolute atomic E-state index is 13.7. The van der Waals surface area contributed by atoms with Crippen molar-refractivity contribution in [1.82, 2.24) is 15.0 Å². The highest BCUT2D eigenvalue weighted by molar-refractivity contribution is 7.99. The average Bonchev–Trinajstić information content (AvgIpc) is 3.50. The van der Waals surface area contributed by atoms with Crippen LogP contribution in [-0.2, 0) is 33.3 Å². The number of thiophene rings is 1. The van der Waals surface area contributed by atoms with Gasteiger partial charge in [-0.25, -0.2) is 4.68 Å². The second-order valence-electron chi connectivity index (χ2n) is 8.37. The number of halogens is 3. The number of carbonyl (C=O) groups is 3. The van der Waals surface area contributed by atoms with E-state index >= 15 is 0 Å². The number of aromatic nitrogens is 3. The SMILES string of the molecule is CC(=O)OC[C@H]1O[C@H](Sc2ccc(Cl)c(Cl)c2)[C@H](OC(C)=O)[C@@H](n2cc(-c3ccc(F)s3)nn2)[C@H]1OC(C)=O. The van der Waals surface area contributed by atoms with Crippen molar-refractivity contribution in [2.75, 3.05) is 6.61 Å². The third kappa shape index (κ3) is 7.28. The van der Waals surface area contributed by atoms with Crippen LogP contribution in [0.25, 0.3) is 10.6 Å². The highest BCUT2D eigenvalue weighted by Crippen LogP contribution is 2.42. The highest BCUT2D eigenvalue weighted by Gasteiger charge is 2.52. The van der Waals surface area contributed by atoms with Gasteiger partial charge in [0.2, 0.25) is 0 Å². The summed E-state index contributed by atoms with van der Waals surface area (Å²) in [6, 6.07) is 6.82. The summed E-state index contributed by atoms with van der Waals surface area (Å²) >= 11 is 14.3. The van der Waals surface area contributed by atoms with Crippen molar-refractivity contribution >= 4 is 64.2 Å². The molecular formula is C24H22Cl2FN3O7S2. The molecule has 0 radical (unpaired) electrons. The molecule has 10 nitrogen and oxygen atoms in total. The van der Waals surface area contributed by atoms with Crippen molar-refractivity contribution in [3.8, 4) is 10.6 Å². The fourth-order valence-electron chi connectivity index (χ4n) is 3.95. The van der Waals surface area contributed by atoms with Crippen LogP contribution < -0.4 is 0 Å². The van der Waals surface area contributed by atoms with Crippen molar-refractivity contribution in [3.05, 3.63) is 51.7 Å². The molecule has 3 heterocycles. The number of ether oxygens (including phenoxy) is 4. The fourth-order valence-corrected chi connectivity index (χ4v) is 6.14. The van der Waals surface area contributed by atoms with Gasteiger partial charge in [0.25, 0.3) is 0 Å². The van der Waals surface area contributed by atoms with Crippen LogP contribution in [0, 0.1) is 5.13 Å². The third-order valence-electron chi connectivity index (χ3n) is 5.46. The van der Waals surface area contributed by atoms with Crippen LogP contribution in [0.1, 0.15) is 26.8 Å². The molecule has 39 heavy (non-hydrogen) atoms. The summed E-state index contributed by atoms with van der Waals surface area (Å²) in [4.78, 5) is 37.2. The summed E-state index contributed by atoms with van der Waals surface area (Å²) in [7, 11) is 0. The molecule has 1 aliphatic heterocycles. The van der Waals surface area contributed by atoms with Gasteiger partial charge < -0.3 is 18.9 Å². The fraction of sp³-hybridized carbons (Fsp3) is 0.375. The van der Waals surface area contributed by atoms with E-state index < -0.39 is 52.8 Å². The van der Waals surface area contributed by atoms with Crippen LogP contribution in [0.2, 0.25) is 10.0 Å². The van der Waals surface area contributed by atoms with Gasteiger partial charge in [-0.2, -0.15) is 4.39 Å². The Bertz CT molecular complexity index is 1370. The van der Waals surface area contributed by atoms with Gasteiger partial charge in [-0.05, 0) is 30.3 Å². The average molecular weight is 618 g/mol. The van der Waals surface area contributed by atoms with E-state index in [9.17, 15) is 18.8 Å². The van der Waals surface area contributed by atoms with E-state index in [2.05, 4.69) is 10.3 Å². The molecule has 1 fully saturated rings. The Balaban J connectivity index is 1.79. The van der Waals surface area contributed by atoms with Crippen LogP contribution in [0.5, 0.6) is 0 Å². The number of benzene rings is 1. The molecule has 15 heteroatoms. The van der Waals surface area contributed by atoms with E-state index in [-0.39, 0.29) is 6.61 Å². The minimum atomic E-state index is -1.12. The number of rotatable bonds is 8. The van der Waals surface area contributed by atoms with Gasteiger partial charge in [0.1, 0.15) is 29.9 Å². The van der Waals surface area contributed by atoms with Crippen molar-refractivity contribution in [2.24, 2.45) is 0 Å². The summed E-state index contributed by atoms with van der Waals surface area (Å²) in [6.45, 7) is 3.39. The molecular weight excluding hydrogens is 596 g/mol. The van der Waals surface area contributed by atoms with Crippen molar-refractivity contribution in [1.29, 1.82) is 0 Å². The van der Waals surface area contributed by atoms with E-state index in [1.165, 1.54) is 49.5 Å². The standard InChI is InChI=1S/C24H22Cl2FN3O7S2/c1-11(31)34-10-18-22(35-12(2)32)21(30-9-17(28-29-30)19-6-7-20(27)39-19)23(36-13(3)33)24(37-18)38-14-4-5-15(25)16(26)8-14/h4-9,18,21-24H,10H2,1-3H3/t18-,21+,22+,23-,24-/m1/s1.